The van der Waals surface area contributed by atoms with Gasteiger partial charge in [0.15, 0.2) is 0 Å². The SMILES string of the molecule is CC(=O)N1N=C(c2ccccc2Cl)OC1c1cc(Br)ccc1F. The lowest BCUT2D eigenvalue weighted by molar-refractivity contribution is -0.135. The molecule has 1 unspecified atom stereocenters. The quantitative estimate of drug-likeness (QED) is 0.750. The Labute approximate surface area is 145 Å². The van der Waals surface area contributed by atoms with Crippen molar-refractivity contribution in [2.75, 3.05) is 0 Å². The molecule has 0 saturated heterocycles. The van der Waals surface area contributed by atoms with E-state index in [2.05, 4.69) is 21.0 Å². The van der Waals surface area contributed by atoms with Gasteiger partial charge in [-0.15, -0.1) is 5.10 Å². The van der Waals surface area contributed by atoms with Crippen LogP contribution in [0.2, 0.25) is 5.02 Å². The van der Waals surface area contributed by atoms with Gasteiger partial charge in [0.2, 0.25) is 18.0 Å². The monoisotopic (exact) mass is 396 g/mol. The highest BCUT2D eigenvalue weighted by Gasteiger charge is 2.35. The van der Waals surface area contributed by atoms with E-state index >= 15 is 0 Å². The van der Waals surface area contributed by atoms with Crippen LogP contribution in [0, 0.1) is 5.82 Å². The Bertz CT molecular complexity index is 812. The lowest BCUT2D eigenvalue weighted by atomic mass is 10.1. The maximum absolute atomic E-state index is 14.2. The summed E-state index contributed by atoms with van der Waals surface area (Å²) in [5.41, 5.74) is 0.749. The van der Waals surface area contributed by atoms with Gasteiger partial charge in [-0.3, -0.25) is 4.79 Å². The van der Waals surface area contributed by atoms with Crippen molar-refractivity contribution in [1.29, 1.82) is 0 Å². The fourth-order valence-corrected chi connectivity index (χ4v) is 2.81. The number of hydrazone groups is 1. The van der Waals surface area contributed by atoms with Crippen molar-refractivity contribution in [1.82, 2.24) is 5.01 Å². The second-order valence-corrected chi connectivity index (χ2v) is 6.21. The summed E-state index contributed by atoms with van der Waals surface area (Å²) in [6.07, 6.45) is -0.976. The summed E-state index contributed by atoms with van der Waals surface area (Å²) >= 11 is 9.42. The predicted octanol–water partition coefficient (Wildman–Crippen LogP) is 4.48. The third-order valence-corrected chi connectivity index (χ3v) is 4.12. The molecular formula is C16H11BrClFN2O2. The molecule has 1 amide bonds. The van der Waals surface area contributed by atoms with E-state index in [-0.39, 0.29) is 17.4 Å². The maximum atomic E-state index is 14.2. The summed E-state index contributed by atoms with van der Waals surface area (Å²) in [4.78, 5) is 11.9. The third-order valence-electron chi connectivity index (χ3n) is 3.29. The molecule has 4 nitrogen and oxygen atoms in total. The van der Waals surface area contributed by atoms with Gasteiger partial charge in [-0.05, 0) is 30.3 Å². The van der Waals surface area contributed by atoms with Crippen molar-refractivity contribution in [2.45, 2.75) is 13.2 Å². The topological polar surface area (TPSA) is 41.9 Å². The van der Waals surface area contributed by atoms with Crippen molar-refractivity contribution in [3.05, 3.63) is 68.9 Å². The zero-order chi connectivity index (χ0) is 16.6. The molecule has 0 saturated carbocycles. The highest BCUT2D eigenvalue weighted by Crippen LogP contribution is 2.34. The fraction of sp³-hybridized carbons (Fsp3) is 0.125. The molecule has 7 heteroatoms. The van der Waals surface area contributed by atoms with Gasteiger partial charge in [0.25, 0.3) is 0 Å². The Morgan fingerprint density at radius 3 is 2.78 bits per heavy atom. The summed E-state index contributed by atoms with van der Waals surface area (Å²) in [7, 11) is 0. The van der Waals surface area contributed by atoms with E-state index in [0.29, 0.717) is 15.1 Å². The molecule has 1 aliphatic rings. The molecule has 0 aromatic heterocycles. The van der Waals surface area contributed by atoms with E-state index in [9.17, 15) is 9.18 Å². The van der Waals surface area contributed by atoms with Crippen LogP contribution in [-0.4, -0.2) is 16.8 Å². The van der Waals surface area contributed by atoms with Crippen molar-refractivity contribution in [2.24, 2.45) is 5.10 Å². The van der Waals surface area contributed by atoms with Gasteiger partial charge in [-0.25, -0.2) is 4.39 Å². The zero-order valence-corrected chi connectivity index (χ0v) is 14.3. The first-order chi connectivity index (χ1) is 11.0. The normalized spacial score (nSPS) is 17.0. The Morgan fingerprint density at radius 2 is 2.09 bits per heavy atom. The van der Waals surface area contributed by atoms with Gasteiger partial charge in [0.05, 0.1) is 16.1 Å². The lowest BCUT2D eigenvalue weighted by Crippen LogP contribution is -2.26. The zero-order valence-electron chi connectivity index (χ0n) is 12.0. The Balaban J connectivity index is 2.03. The smallest absolute Gasteiger partial charge is 0.243 e. The molecule has 23 heavy (non-hydrogen) atoms. The van der Waals surface area contributed by atoms with Crippen molar-refractivity contribution >= 4 is 39.3 Å². The minimum Gasteiger partial charge on any atom is -0.446 e. The molecule has 0 N–H and O–H groups in total. The van der Waals surface area contributed by atoms with Crippen LogP contribution >= 0.6 is 27.5 Å². The average Bonchev–Trinajstić information content (AvgIpc) is 2.95. The number of carbonyl (C=O) groups excluding carboxylic acids is 1. The van der Waals surface area contributed by atoms with Crippen LogP contribution in [0.5, 0.6) is 0 Å². The number of hydrogen-bond acceptors (Lipinski definition) is 3. The minimum absolute atomic E-state index is 0.176. The number of rotatable bonds is 2. The molecular weight excluding hydrogens is 387 g/mol. The minimum atomic E-state index is -0.976. The Morgan fingerprint density at radius 1 is 1.35 bits per heavy atom. The van der Waals surface area contributed by atoms with Gasteiger partial charge < -0.3 is 4.74 Å². The first-order valence-electron chi connectivity index (χ1n) is 6.72. The number of halogens is 3. The van der Waals surface area contributed by atoms with Gasteiger partial charge in [0, 0.05) is 11.4 Å². The van der Waals surface area contributed by atoms with Crippen LogP contribution in [0.15, 0.2) is 52.0 Å². The molecule has 0 aliphatic carbocycles. The second-order valence-electron chi connectivity index (χ2n) is 4.88. The number of amides is 1. The second kappa shape index (κ2) is 6.29. The van der Waals surface area contributed by atoms with Gasteiger partial charge >= 0.3 is 0 Å². The molecule has 2 aromatic carbocycles. The highest BCUT2D eigenvalue weighted by atomic mass is 79.9. The van der Waals surface area contributed by atoms with Crippen LogP contribution < -0.4 is 0 Å². The highest BCUT2D eigenvalue weighted by molar-refractivity contribution is 9.10. The van der Waals surface area contributed by atoms with E-state index in [1.807, 2.05) is 0 Å². The maximum Gasteiger partial charge on any atom is 0.243 e. The summed E-state index contributed by atoms with van der Waals surface area (Å²) < 4.78 is 20.6. The first-order valence-corrected chi connectivity index (χ1v) is 7.89. The largest absolute Gasteiger partial charge is 0.446 e. The summed E-state index contributed by atoms with van der Waals surface area (Å²) in [5.74, 6) is -0.674. The van der Waals surface area contributed by atoms with Crippen LogP contribution in [-0.2, 0) is 9.53 Å². The number of carbonyl (C=O) groups is 1. The first kappa shape index (κ1) is 16.0. The summed E-state index contributed by atoms with van der Waals surface area (Å²) in [6, 6.07) is 11.4. The lowest BCUT2D eigenvalue weighted by Gasteiger charge is -2.20. The number of hydrogen-bond donors (Lipinski definition) is 0. The molecule has 1 heterocycles. The van der Waals surface area contributed by atoms with Crippen molar-refractivity contribution in [3.8, 4) is 0 Å². The molecule has 1 atom stereocenters. The molecule has 118 valence electrons. The van der Waals surface area contributed by atoms with Gasteiger partial charge in [0.1, 0.15) is 5.82 Å². The number of ether oxygens (including phenoxy) is 1. The molecule has 0 bridgehead atoms. The fourth-order valence-electron chi connectivity index (χ4n) is 2.22. The molecule has 0 fully saturated rings. The van der Waals surface area contributed by atoms with Crippen LogP contribution in [0.25, 0.3) is 0 Å². The van der Waals surface area contributed by atoms with Gasteiger partial charge in [-0.1, -0.05) is 39.7 Å². The number of benzene rings is 2. The van der Waals surface area contributed by atoms with Crippen molar-refractivity contribution in [3.63, 3.8) is 0 Å². The Hall–Kier alpha value is -1.92. The van der Waals surface area contributed by atoms with E-state index in [0.717, 1.165) is 5.01 Å². The molecule has 3 rings (SSSR count). The molecule has 0 spiro atoms. The van der Waals surface area contributed by atoms with E-state index < -0.39 is 12.0 Å². The van der Waals surface area contributed by atoms with E-state index in [1.165, 1.54) is 13.0 Å². The van der Waals surface area contributed by atoms with Crippen LogP contribution in [0.4, 0.5) is 4.39 Å². The van der Waals surface area contributed by atoms with Crippen molar-refractivity contribution < 1.29 is 13.9 Å². The van der Waals surface area contributed by atoms with Gasteiger partial charge in [-0.2, -0.15) is 5.01 Å². The molecule has 1 aliphatic heterocycles. The predicted molar refractivity (Wildman–Crippen MR) is 88.4 cm³/mol. The summed E-state index contributed by atoms with van der Waals surface area (Å²) in [6.45, 7) is 1.34. The number of nitrogens with zero attached hydrogens (tertiary/aromatic N) is 2. The van der Waals surface area contributed by atoms with E-state index in [4.69, 9.17) is 16.3 Å². The molecule has 0 radical (unpaired) electrons. The summed E-state index contributed by atoms with van der Waals surface area (Å²) in [5, 5.41) is 5.70. The van der Waals surface area contributed by atoms with E-state index in [1.54, 1.807) is 36.4 Å². The standard InChI is InChI=1S/C16H11BrClFN2O2/c1-9(22)21-16(12-8-10(17)6-7-14(12)19)23-15(20-21)11-4-2-3-5-13(11)18/h2-8,16H,1H3. The third kappa shape index (κ3) is 3.09. The van der Waals surface area contributed by atoms with Crippen LogP contribution in [0.1, 0.15) is 24.3 Å². The average molecular weight is 398 g/mol. The Kier molecular flexibility index (Phi) is 4.37. The molecule has 2 aromatic rings. The van der Waals surface area contributed by atoms with Crippen LogP contribution in [0.3, 0.4) is 0 Å².